The Balaban J connectivity index is 4.45. The summed E-state index contributed by atoms with van der Waals surface area (Å²) in [4.78, 5) is 15.5. The average Bonchev–Trinajstić information content (AvgIpc) is 2.28. The lowest BCUT2D eigenvalue weighted by molar-refractivity contribution is 0.0786. The second-order valence-corrected chi connectivity index (χ2v) is 3.79. The van der Waals surface area contributed by atoms with Crippen LogP contribution in [0.25, 0.3) is 0 Å². The molecule has 0 aromatic rings. The Bertz CT molecular complexity index is 200. The second-order valence-electron chi connectivity index (χ2n) is 3.79. The van der Waals surface area contributed by atoms with Crippen molar-refractivity contribution in [1.82, 2.24) is 9.80 Å². The van der Waals surface area contributed by atoms with Crippen LogP contribution in [0.3, 0.4) is 0 Å². The van der Waals surface area contributed by atoms with Crippen molar-refractivity contribution in [3.8, 4) is 0 Å². The molecule has 96 valence electrons. The van der Waals surface area contributed by atoms with Crippen molar-refractivity contribution in [2.45, 2.75) is 19.9 Å². The van der Waals surface area contributed by atoms with Crippen molar-refractivity contribution in [1.29, 1.82) is 0 Å². The predicted octanol–water partition coefficient (Wildman–Crippen LogP) is 1.04. The van der Waals surface area contributed by atoms with Crippen LogP contribution in [0.5, 0.6) is 0 Å². The zero-order chi connectivity index (χ0) is 12.6. The molecule has 0 spiro atoms. The van der Waals surface area contributed by atoms with Gasteiger partial charge in [0, 0.05) is 34.4 Å². The van der Waals surface area contributed by atoms with Gasteiger partial charge in [0.05, 0.1) is 19.3 Å². The van der Waals surface area contributed by atoms with Gasteiger partial charge < -0.3 is 19.3 Å². The minimum atomic E-state index is 0.0177. The van der Waals surface area contributed by atoms with E-state index in [0.717, 1.165) is 0 Å². The van der Waals surface area contributed by atoms with Crippen molar-refractivity contribution in [3.63, 3.8) is 0 Å². The third kappa shape index (κ3) is 4.81. The summed E-state index contributed by atoms with van der Waals surface area (Å²) >= 11 is 0. The van der Waals surface area contributed by atoms with E-state index in [4.69, 9.17) is 9.47 Å². The van der Waals surface area contributed by atoms with Crippen molar-refractivity contribution in [3.05, 3.63) is 0 Å². The summed E-state index contributed by atoms with van der Waals surface area (Å²) < 4.78 is 10.1. The van der Waals surface area contributed by atoms with E-state index >= 15 is 0 Å². The van der Waals surface area contributed by atoms with Crippen LogP contribution < -0.4 is 0 Å². The topological polar surface area (TPSA) is 42.0 Å². The molecular weight excluding hydrogens is 208 g/mol. The number of nitrogens with zero attached hydrogens (tertiary/aromatic N) is 2. The minimum Gasteiger partial charge on any atom is -0.383 e. The number of hydrogen-bond donors (Lipinski definition) is 0. The van der Waals surface area contributed by atoms with Crippen molar-refractivity contribution in [2.24, 2.45) is 0 Å². The van der Waals surface area contributed by atoms with E-state index in [1.807, 2.05) is 13.8 Å². The van der Waals surface area contributed by atoms with Crippen LogP contribution in [0.15, 0.2) is 0 Å². The molecule has 0 N–H and O–H groups in total. The summed E-state index contributed by atoms with van der Waals surface area (Å²) in [5.74, 6) is 0. The molecule has 0 aromatic carbocycles. The quantitative estimate of drug-likeness (QED) is 0.658. The van der Waals surface area contributed by atoms with Crippen LogP contribution in [0.2, 0.25) is 0 Å². The lowest BCUT2D eigenvalue weighted by atomic mass is 10.3. The maximum atomic E-state index is 12.0. The fourth-order valence-corrected chi connectivity index (χ4v) is 1.38. The Morgan fingerprint density at radius 3 is 2.38 bits per heavy atom. The Morgan fingerprint density at radius 2 is 1.94 bits per heavy atom. The van der Waals surface area contributed by atoms with Crippen molar-refractivity contribution >= 4 is 6.03 Å². The molecule has 0 heterocycles. The summed E-state index contributed by atoms with van der Waals surface area (Å²) in [7, 11) is 5.06. The van der Waals surface area contributed by atoms with Crippen LogP contribution in [-0.2, 0) is 9.47 Å². The first kappa shape index (κ1) is 15.2. The second kappa shape index (κ2) is 8.35. The first-order valence-corrected chi connectivity index (χ1v) is 5.58. The smallest absolute Gasteiger partial charge is 0.320 e. The third-order valence-electron chi connectivity index (χ3n) is 2.52. The molecule has 2 amide bonds. The number of methoxy groups -OCH3 is 2. The Kier molecular flexibility index (Phi) is 7.93. The number of hydrogen-bond acceptors (Lipinski definition) is 3. The van der Waals surface area contributed by atoms with Gasteiger partial charge in [0.25, 0.3) is 0 Å². The van der Waals surface area contributed by atoms with E-state index in [2.05, 4.69) is 0 Å². The highest BCUT2D eigenvalue weighted by molar-refractivity contribution is 5.74. The largest absolute Gasteiger partial charge is 0.383 e. The molecule has 0 aliphatic carbocycles. The molecule has 16 heavy (non-hydrogen) atoms. The number of carbonyl (C=O) groups excluding carboxylic acids is 1. The molecule has 0 fully saturated rings. The van der Waals surface area contributed by atoms with Gasteiger partial charge in [0.2, 0.25) is 0 Å². The van der Waals surface area contributed by atoms with Crippen molar-refractivity contribution < 1.29 is 14.3 Å². The fourth-order valence-electron chi connectivity index (χ4n) is 1.38. The molecule has 0 saturated carbocycles. The maximum absolute atomic E-state index is 12.0. The molecule has 5 heteroatoms. The van der Waals surface area contributed by atoms with Gasteiger partial charge in [-0.15, -0.1) is 0 Å². The SMILES string of the molecule is CCN(C)C(=O)N(CCOC)C(C)COC. The van der Waals surface area contributed by atoms with E-state index in [9.17, 15) is 4.79 Å². The minimum absolute atomic E-state index is 0.0177. The molecule has 0 saturated heterocycles. The van der Waals surface area contributed by atoms with Crippen molar-refractivity contribution in [2.75, 3.05) is 47.6 Å². The highest BCUT2D eigenvalue weighted by atomic mass is 16.5. The van der Waals surface area contributed by atoms with Crippen LogP contribution in [-0.4, -0.2) is 69.4 Å². The molecule has 5 nitrogen and oxygen atoms in total. The summed E-state index contributed by atoms with van der Waals surface area (Å²) in [5, 5.41) is 0. The zero-order valence-corrected chi connectivity index (χ0v) is 11.0. The molecule has 0 aliphatic rings. The highest BCUT2D eigenvalue weighted by Crippen LogP contribution is 2.04. The van der Waals surface area contributed by atoms with Crippen LogP contribution in [0, 0.1) is 0 Å². The summed E-state index contributed by atoms with van der Waals surface area (Å²) in [6.07, 6.45) is 0. The lowest BCUT2D eigenvalue weighted by Gasteiger charge is -2.32. The molecule has 1 atom stereocenters. The lowest BCUT2D eigenvalue weighted by Crippen LogP contribution is -2.48. The van der Waals surface area contributed by atoms with Crippen LogP contribution >= 0.6 is 0 Å². The van der Waals surface area contributed by atoms with Gasteiger partial charge in [-0.2, -0.15) is 0 Å². The number of amides is 2. The molecule has 0 rings (SSSR count). The molecule has 0 aromatic heterocycles. The normalized spacial score (nSPS) is 12.3. The van der Waals surface area contributed by atoms with E-state index in [0.29, 0.717) is 26.3 Å². The van der Waals surface area contributed by atoms with E-state index in [1.165, 1.54) is 0 Å². The highest BCUT2D eigenvalue weighted by Gasteiger charge is 2.21. The first-order chi connectivity index (χ1) is 7.58. The summed E-state index contributed by atoms with van der Waals surface area (Å²) in [6.45, 7) is 6.28. The van der Waals surface area contributed by atoms with Gasteiger partial charge in [-0.25, -0.2) is 4.79 Å². The molecule has 0 aliphatic heterocycles. The number of rotatable bonds is 7. The third-order valence-corrected chi connectivity index (χ3v) is 2.52. The standard InChI is InChI=1S/C11H24N2O3/c1-6-12(3)11(14)13(7-8-15-4)10(2)9-16-5/h10H,6-9H2,1-5H3. The molecule has 1 unspecified atom stereocenters. The van der Waals surface area contributed by atoms with Gasteiger partial charge in [-0.05, 0) is 13.8 Å². The van der Waals surface area contributed by atoms with Gasteiger partial charge in [-0.1, -0.05) is 0 Å². The van der Waals surface area contributed by atoms with E-state index in [-0.39, 0.29) is 12.1 Å². The first-order valence-electron chi connectivity index (χ1n) is 5.58. The molecular formula is C11H24N2O3. The van der Waals surface area contributed by atoms with Gasteiger partial charge >= 0.3 is 6.03 Å². The predicted molar refractivity (Wildman–Crippen MR) is 63.6 cm³/mol. The number of urea groups is 1. The van der Waals surface area contributed by atoms with E-state index < -0.39 is 0 Å². The Morgan fingerprint density at radius 1 is 1.31 bits per heavy atom. The van der Waals surface area contributed by atoms with Crippen LogP contribution in [0.4, 0.5) is 4.79 Å². The van der Waals surface area contributed by atoms with Gasteiger partial charge in [0.15, 0.2) is 0 Å². The average molecular weight is 232 g/mol. The Labute approximate surface area is 98.3 Å². The number of carbonyl (C=O) groups is 1. The molecule has 0 bridgehead atoms. The molecule has 0 radical (unpaired) electrons. The summed E-state index contributed by atoms with van der Waals surface area (Å²) in [5.41, 5.74) is 0. The van der Waals surface area contributed by atoms with Gasteiger partial charge in [-0.3, -0.25) is 0 Å². The summed E-state index contributed by atoms with van der Waals surface area (Å²) in [6, 6.07) is 0.0748. The van der Waals surface area contributed by atoms with Crippen LogP contribution in [0.1, 0.15) is 13.8 Å². The fraction of sp³-hybridized carbons (Fsp3) is 0.909. The monoisotopic (exact) mass is 232 g/mol. The number of ether oxygens (including phenoxy) is 2. The van der Waals surface area contributed by atoms with Gasteiger partial charge in [0.1, 0.15) is 0 Å². The Hall–Kier alpha value is -0.810. The zero-order valence-electron chi connectivity index (χ0n) is 11.0. The maximum Gasteiger partial charge on any atom is 0.320 e. The van der Waals surface area contributed by atoms with E-state index in [1.54, 1.807) is 31.1 Å².